The second-order valence-corrected chi connectivity index (χ2v) is 8.55. The van der Waals surface area contributed by atoms with Gasteiger partial charge in [-0.1, -0.05) is 54.6 Å². The Labute approximate surface area is 144 Å². The van der Waals surface area contributed by atoms with Crippen LogP contribution in [0.15, 0.2) is 91.0 Å². The highest BCUT2D eigenvalue weighted by Gasteiger charge is 2.47. The molecule has 0 atom stereocenters. The molecule has 1 N–H and O–H groups in total. The highest BCUT2D eigenvalue weighted by atomic mass is 31.2. The lowest BCUT2D eigenvalue weighted by Crippen LogP contribution is -2.33. The Morgan fingerprint density at radius 3 is 1.33 bits per heavy atom. The van der Waals surface area contributed by atoms with Crippen LogP contribution in [0.1, 0.15) is 6.42 Å². The predicted molar refractivity (Wildman–Crippen MR) is 103 cm³/mol. The fourth-order valence-corrected chi connectivity index (χ4v) is 6.37. The maximum atomic E-state index is 9.21. The highest BCUT2D eigenvalue weighted by molar-refractivity contribution is 7.91. The number of aliphatic hydroxyl groups is 1. The van der Waals surface area contributed by atoms with Crippen LogP contribution in [0, 0.1) is 0 Å². The minimum absolute atomic E-state index is 0.137. The lowest BCUT2D eigenvalue weighted by molar-refractivity contribution is 0.244. The van der Waals surface area contributed by atoms with Gasteiger partial charge in [0.05, 0.1) is 6.61 Å². The highest BCUT2D eigenvalue weighted by Crippen LogP contribution is 2.56. The second kappa shape index (κ2) is 8.21. The SMILES string of the molecule is OCCCO[P+](c1ccccc1)(c1ccccc1)c1ccccc1. The molecule has 0 aromatic heterocycles. The van der Waals surface area contributed by atoms with E-state index in [0.29, 0.717) is 13.0 Å². The van der Waals surface area contributed by atoms with Crippen molar-refractivity contribution < 1.29 is 9.63 Å². The molecule has 3 aromatic carbocycles. The van der Waals surface area contributed by atoms with Crippen LogP contribution in [-0.2, 0) is 4.52 Å². The molecule has 3 aromatic rings. The smallest absolute Gasteiger partial charge is 0.242 e. The van der Waals surface area contributed by atoms with Crippen molar-refractivity contribution in [3.63, 3.8) is 0 Å². The summed E-state index contributed by atoms with van der Waals surface area (Å²) < 4.78 is 6.58. The van der Waals surface area contributed by atoms with Gasteiger partial charge in [0.2, 0.25) is 7.49 Å². The molecule has 0 bridgehead atoms. The first-order chi connectivity index (χ1) is 11.9. The lowest BCUT2D eigenvalue weighted by atomic mass is 10.4. The van der Waals surface area contributed by atoms with Crippen molar-refractivity contribution >= 4 is 23.4 Å². The Bertz CT molecular complexity index is 633. The van der Waals surface area contributed by atoms with E-state index in [2.05, 4.69) is 72.8 Å². The molecule has 0 aliphatic heterocycles. The molecule has 3 heteroatoms. The molecule has 0 radical (unpaired) electrons. The summed E-state index contributed by atoms with van der Waals surface area (Å²) in [6.45, 7) is 0.668. The molecule has 122 valence electrons. The van der Waals surface area contributed by atoms with Crippen molar-refractivity contribution in [2.75, 3.05) is 13.2 Å². The van der Waals surface area contributed by atoms with E-state index in [1.165, 1.54) is 15.9 Å². The maximum absolute atomic E-state index is 9.21. The predicted octanol–water partition coefficient (Wildman–Crippen LogP) is 3.29. The van der Waals surface area contributed by atoms with Gasteiger partial charge in [-0.05, 0) is 42.8 Å². The molecule has 0 heterocycles. The summed E-state index contributed by atoms with van der Waals surface area (Å²) in [5.41, 5.74) is 0. The summed E-state index contributed by atoms with van der Waals surface area (Å²) in [5, 5.41) is 12.8. The number of hydrogen-bond acceptors (Lipinski definition) is 2. The van der Waals surface area contributed by atoms with Crippen LogP contribution in [-0.4, -0.2) is 18.3 Å². The van der Waals surface area contributed by atoms with E-state index in [0.717, 1.165) is 0 Å². The van der Waals surface area contributed by atoms with Gasteiger partial charge in [-0.2, -0.15) is 0 Å². The number of rotatable bonds is 7. The Morgan fingerprint density at radius 1 is 0.625 bits per heavy atom. The van der Waals surface area contributed by atoms with Gasteiger partial charge >= 0.3 is 0 Å². The molecule has 24 heavy (non-hydrogen) atoms. The average Bonchev–Trinajstić information content (AvgIpc) is 2.68. The van der Waals surface area contributed by atoms with Gasteiger partial charge in [0.1, 0.15) is 15.9 Å². The standard InChI is InChI=1S/C21H22O2P/c22-17-10-18-23-24(19-11-4-1-5-12-19,20-13-6-2-7-14-20)21-15-8-3-9-16-21/h1-9,11-16,22H,10,17-18H2/q+1. The molecule has 0 unspecified atom stereocenters. The first-order valence-electron chi connectivity index (χ1n) is 8.19. The van der Waals surface area contributed by atoms with Crippen LogP contribution in [0.2, 0.25) is 0 Å². The van der Waals surface area contributed by atoms with Gasteiger partial charge in [0.15, 0.2) is 0 Å². The van der Waals surface area contributed by atoms with Crippen LogP contribution in [0.5, 0.6) is 0 Å². The normalized spacial score (nSPS) is 11.4. The monoisotopic (exact) mass is 337 g/mol. The van der Waals surface area contributed by atoms with E-state index in [1.54, 1.807) is 0 Å². The van der Waals surface area contributed by atoms with E-state index in [1.807, 2.05) is 18.2 Å². The number of benzene rings is 3. The van der Waals surface area contributed by atoms with Crippen LogP contribution >= 0.6 is 7.49 Å². The quantitative estimate of drug-likeness (QED) is 0.529. The molecule has 3 rings (SSSR count). The first kappa shape index (κ1) is 16.9. The fourth-order valence-electron chi connectivity index (χ4n) is 2.85. The van der Waals surface area contributed by atoms with Crippen LogP contribution < -0.4 is 15.9 Å². The minimum Gasteiger partial charge on any atom is -0.396 e. The molecule has 0 aliphatic carbocycles. The zero-order valence-electron chi connectivity index (χ0n) is 13.6. The van der Waals surface area contributed by atoms with E-state index in [9.17, 15) is 5.11 Å². The molecule has 0 saturated heterocycles. The third kappa shape index (κ3) is 3.42. The molecular weight excluding hydrogens is 315 g/mol. The van der Waals surface area contributed by atoms with Crippen molar-refractivity contribution in [3.8, 4) is 0 Å². The molecule has 0 spiro atoms. The van der Waals surface area contributed by atoms with Gasteiger partial charge in [-0.3, -0.25) is 0 Å². The summed E-state index contributed by atoms with van der Waals surface area (Å²) in [4.78, 5) is 0. The lowest BCUT2D eigenvalue weighted by Gasteiger charge is -2.25. The largest absolute Gasteiger partial charge is 0.396 e. The average molecular weight is 337 g/mol. The summed E-state index contributed by atoms with van der Waals surface area (Å²) in [5.74, 6) is 0. The Kier molecular flexibility index (Phi) is 5.77. The third-order valence-electron chi connectivity index (χ3n) is 3.95. The topological polar surface area (TPSA) is 29.5 Å². The summed E-state index contributed by atoms with van der Waals surface area (Å²) in [6, 6.07) is 31.3. The molecule has 2 nitrogen and oxygen atoms in total. The molecule has 0 amide bonds. The van der Waals surface area contributed by atoms with Crippen molar-refractivity contribution in [1.29, 1.82) is 0 Å². The maximum Gasteiger partial charge on any atom is 0.242 e. The van der Waals surface area contributed by atoms with E-state index in [-0.39, 0.29) is 6.61 Å². The summed E-state index contributed by atoms with van der Waals surface area (Å²) >= 11 is 0. The van der Waals surface area contributed by atoms with E-state index in [4.69, 9.17) is 4.52 Å². The van der Waals surface area contributed by atoms with Gasteiger partial charge in [-0.15, -0.1) is 0 Å². The van der Waals surface area contributed by atoms with Crippen LogP contribution in [0.3, 0.4) is 0 Å². The van der Waals surface area contributed by atoms with Crippen molar-refractivity contribution in [2.24, 2.45) is 0 Å². The van der Waals surface area contributed by atoms with Crippen LogP contribution in [0.25, 0.3) is 0 Å². The summed E-state index contributed by atoms with van der Waals surface area (Å²) in [6.07, 6.45) is 0.633. The minimum atomic E-state index is -2.19. The van der Waals surface area contributed by atoms with Crippen LogP contribution in [0.4, 0.5) is 0 Å². The fraction of sp³-hybridized carbons (Fsp3) is 0.143. The number of hydrogen-bond donors (Lipinski definition) is 1. The van der Waals surface area contributed by atoms with Crippen molar-refractivity contribution in [1.82, 2.24) is 0 Å². The van der Waals surface area contributed by atoms with Crippen molar-refractivity contribution in [3.05, 3.63) is 91.0 Å². The van der Waals surface area contributed by atoms with Crippen molar-refractivity contribution in [2.45, 2.75) is 6.42 Å². The first-order valence-corrected chi connectivity index (χ1v) is 9.90. The van der Waals surface area contributed by atoms with Gasteiger partial charge in [-0.25, -0.2) is 4.52 Å². The molecule has 0 fully saturated rings. The zero-order valence-corrected chi connectivity index (χ0v) is 14.5. The van der Waals surface area contributed by atoms with Gasteiger partial charge < -0.3 is 5.11 Å². The Morgan fingerprint density at radius 2 is 1.00 bits per heavy atom. The summed E-state index contributed by atoms with van der Waals surface area (Å²) in [7, 11) is -2.19. The Hall–Kier alpha value is -1.99. The molecular formula is C21H22O2P+. The number of aliphatic hydroxyl groups excluding tert-OH is 1. The van der Waals surface area contributed by atoms with E-state index >= 15 is 0 Å². The molecule has 0 aliphatic rings. The third-order valence-corrected chi connectivity index (χ3v) is 7.59. The Balaban J connectivity index is 2.20. The second-order valence-electron chi connectivity index (χ2n) is 5.53. The molecule has 0 saturated carbocycles. The zero-order chi connectivity index (χ0) is 16.7. The van der Waals surface area contributed by atoms with E-state index < -0.39 is 7.49 Å². The van der Waals surface area contributed by atoms with Gasteiger partial charge in [0.25, 0.3) is 0 Å². The van der Waals surface area contributed by atoms with Gasteiger partial charge in [0, 0.05) is 6.61 Å².